The molecule has 8 nitrogen and oxygen atoms in total. The lowest BCUT2D eigenvalue weighted by atomic mass is 9.68. The molecule has 0 bridgehead atoms. The predicted octanol–water partition coefficient (Wildman–Crippen LogP) is 2.23. The summed E-state index contributed by atoms with van der Waals surface area (Å²) in [4.78, 5) is 37.3. The SMILES string of the molecule is CN1CCC[C@]2(C(=O)O)CCN(C(=O)c3cnc(Nc4ccccc4)nc3)C[C@@H]12. The molecule has 4 rings (SSSR count). The van der Waals surface area contributed by atoms with E-state index in [-0.39, 0.29) is 11.9 Å². The maximum absolute atomic E-state index is 13.0. The molecule has 152 valence electrons. The maximum Gasteiger partial charge on any atom is 0.311 e. The van der Waals surface area contributed by atoms with Crippen molar-refractivity contribution in [2.24, 2.45) is 5.41 Å². The van der Waals surface area contributed by atoms with Crippen LogP contribution in [-0.2, 0) is 4.79 Å². The number of amides is 1. The quantitative estimate of drug-likeness (QED) is 0.819. The second kappa shape index (κ2) is 7.79. The molecule has 0 unspecified atom stereocenters. The Morgan fingerprint density at radius 1 is 1.14 bits per heavy atom. The average Bonchev–Trinajstić information content (AvgIpc) is 2.74. The predicted molar refractivity (Wildman–Crippen MR) is 108 cm³/mol. The van der Waals surface area contributed by atoms with E-state index in [4.69, 9.17) is 0 Å². The zero-order valence-corrected chi connectivity index (χ0v) is 16.4. The highest BCUT2D eigenvalue weighted by molar-refractivity contribution is 5.94. The van der Waals surface area contributed by atoms with Gasteiger partial charge in [-0.2, -0.15) is 0 Å². The van der Waals surface area contributed by atoms with Gasteiger partial charge in [0.15, 0.2) is 0 Å². The first-order valence-corrected chi connectivity index (χ1v) is 9.87. The highest BCUT2D eigenvalue weighted by Crippen LogP contribution is 2.42. The van der Waals surface area contributed by atoms with Crippen LogP contribution in [-0.4, -0.2) is 69.5 Å². The molecule has 3 heterocycles. The van der Waals surface area contributed by atoms with E-state index in [1.165, 1.54) is 12.4 Å². The second-order valence-corrected chi connectivity index (χ2v) is 7.85. The van der Waals surface area contributed by atoms with Crippen molar-refractivity contribution in [3.8, 4) is 0 Å². The molecule has 29 heavy (non-hydrogen) atoms. The van der Waals surface area contributed by atoms with E-state index in [1.807, 2.05) is 37.4 Å². The summed E-state index contributed by atoms with van der Waals surface area (Å²) in [5.74, 6) is -0.488. The molecule has 2 saturated heterocycles. The van der Waals surface area contributed by atoms with Crippen molar-refractivity contribution >= 4 is 23.5 Å². The van der Waals surface area contributed by atoms with Gasteiger partial charge in [0.05, 0.1) is 11.0 Å². The highest BCUT2D eigenvalue weighted by Gasteiger charge is 2.52. The zero-order chi connectivity index (χ0) is 20.4. The zero-order valence-electron chi connectivity index (χ0n) is 16.4. The number of carbonyl (C=O) groups is 2. The fourth-order valence-corrected chi connectivity index (χ4v) is 4.51. The van der Waals surface area contributed by atoms with E-state index >= 15 is 0 Å². The van der Waals surface area contributed by atoms with Crippen LogP contribution in [0.1, 0.15) is 29.6 Å². The molecule has 2 aliphatic rings. The fraction of sp³-hybridized carbons (Fsp3) is 0.429. The third-order valence-corrected chi connectivity index (χ3v) is 6.17. The molecule has 2 aromatic rings. The number of carbonyl (C=O) groups excluding carboxylic acids is 1. The number of fused-ring (bicyclic) bond motifs is 1. The van der Waals surface area contributed by atoms with Crippen LogP contribution >= 0.6 is 0 Å². The first-order chi connectivity index (χ1) is 14.0. The first kappa shape index (κ1) is 19.3. The number of carboxylic acids is 1. The Balaban J connectivity index is 1.46. The fourth-order valence-electron chi connectivity index (χ4n) is 4.51. The van der Waals surface area contributed by atoms with Crippen molar-refractivity contribution < 1.29 is 14.7 Å². The molecule has 1 aromatic carbocycles. The summed E-state index contributed by atoms with van der Waals surface area (Å²) in [5, 5.41) is 13.0. The van der Waals surface area contributed by atoms with Crippen molar-refractivity contribution in [3.05, 3.63) is 48.3 Å². The molecule has 1 aromatic heterocycles. The van der Waals surface area contributed by atoms with Gasteiger partial charge in [0.2, 0.25) is 5.95 Å². The molecule has 0 radical (unpaired) electrons. The van der Waals surface area contributed by atoms with Gasteiger partial charge in [-0.1, -0.05) is 18.2 Å². The molecular formula is C21H25N5O3. The van der Waals surface area contributed by atoms with Gasteiger partial charge in [-0.05, 0) is 45.0 Å². The van der Waals surface area contributed by atoms with E-state index in [1.54, 1.807) is 4.90 Å². The smallest absolute Gasteiger partial charge is 0.311 e. The van der Waals surface area contributed by atoms with Gasteiger partial charge in [0.25, 0.3) is 5.91 Å². The van der Waals surface area contributed by atoms with Gasteiger partial charge in [-0.15, -0.1) is 0 Å². The summed E-state index contributed by atoms with van der Waals surface area (Å²) in [6, 6.07) is 9.39. The molecule has 1 amide bonds. The number of nitrogens with zero attached hydrogens (tertiary/aromatic N) is 4. The van der Waals surface area contributed by atoms with Gasteiger partial charge >= 0.3 is 5.97 Å². The molecular weight excluding hydrogens is 370 g/mol. The number of aliphatic carboxylic acids is 1. The van der Waals surface area contributed by atoms with E-state index < -0.39 is 11.4 Å². The molecule has 0 saturated carbocycles. The molecule has 2 fully saturated rings. The number of hydrogen-bond donors (Lipinski definition) is 2. The van der Waals surface area contributed by atoms with Gasteiger partial charge < -0.3 is 20.2 Å². The number of carboxylic acid groups (broad SMARTS) is 1. The van der Waals surface area contributed by atoms with Crippen molar-refractivity contribution in [2.45, 2.75) is 25.3 Å². The second-order valence-electron chi connectivity index (χ2n) is 7.85. The number of anilines is 2. The Morgan fingerprint density at radius 3 is 2.55 bits per heavy atom. The Morgan fingerprint density at radius 2 is 1.86 bits per heavy atom. The highest BCUT2D eigenvalue weighted by atomic mass is 16.4. The number of para-hydroxylation sites is 1. The minimum absolute atomic E-state index is 0.158. The average molecular weight is 395 g/mol. The number of rotatable bonds is 4. The largest absolute Gasteiger partial charge is 0.481 e. The Hall–Kier alpha value is -3.00. The van der Waals surface area contributed by atoms with Crippen LogP contribution in [0, 0.1) is 5.41 Å². The van der Waals surface area contributed by atoms with Crippen LogP contribution in [0.5, 0.6) is 0 Å². The standard InChI is InChI=1S/C21H25N5O3/c1-25-10-5-8-21(19(28)29)9-11-26(14-17(21)25)18(27)15-12-22-20(23-13-15)24-16-6-3-2-4-7-16/h2-4,6-7,12-13,17H,5,8-11,14H2,1H3,(H,28,29)(H,22,23,24)/t17-,21+/m1/s1. The minimum Gasteiger partial charge on any atom is -0.481 e. The molecule has 0 spiro atoms. The first-order valence-electron chi connectivity index (χ1n) is 9.87. The van der Waals surface area contributed by atoms with E-state index in [0.29, 0.717) is 37.4 Å². The van der Waals surface area contributed by atoms with Crippen molar-refractivity contribution in [3.63, 3.8) is 0 Å². The third kappa shape index (κ3) is 3.67. The Kier molecular flexibility index (Phi) is 5.19. The van der Waals surface area contributed by atoms with Gasteiger partial charge in [-0.3, -0.25) is 9.59 Å². The molecule has 8 heteroatoms. The van der Waals surface area contributed by atoms with Crippen LogP contribution in [0.2, 0.25) is 0 Å². The Labute approximate surface area is 169 Å². The van der Waals surface area contributed by atoms with Crippen LogP contribution in [0.25, 0.3) is 0 Å². The topological polar surface area (TPSA) is 98.7 Å². The third-order valence-electron chi connectivity index (χ3n) is 6.17. The maximum atomic E-state index is 13.0. The molecule has 2 N–H and O–H groups in total. The number of hydrogen-bond acceptors (Lipinski definition) is 6. The lowest BCUT2D eigenvalue weighted by molar-refractivity contribution is -0.161. The van der Waals surface area contributed by atoms with Gasteiger partial charge in [0.1, 0.15) is 0 Å². The van der Waals surface area contributed by atoms with E-state index in [2.05, 4.69) is 20.2 Å². The summed E-state index contributed by atoms with van der Waals surface area (Å²) in [6.07, 6.45) is 5.05. The minimum atomic E-state index is -0.760. The van der Waals surface area contributed by atoms with Crippen LogP contribution in [0.15, 0.2) is 42.7 Å². The summed E-state index contributed by atoms with van der Waals surface area (Å²) < 4.78 is 0. The van der Waals surface area contributed by atoms with E-state index in [9.17, 15) is 14.7 Å². The number of nitrogens with one attached hydrogen (secondary N) is 1. The normalized spacial score (nSPS) is 24.6. The number of likely N-dealkylation sites (N-methyl/N-ethyl adjacent to an activating group) is 1. The number of benzene rings is 1. The summed E-state index contributed by atoms with van der Waals surface area (Å²) in [7, 11) is 1.95. The lowest BCUT2D eigenvalue weighted by Crippen LogP contribution is -2.63. The summed E-state index contributed by atoms with van der Waals surface area (Å²) >= 11 is 0. The number of aromatic nitrogens is 2. The molecule has 2 atom stereocenters. The monoisotopic (exact) mass is 395 g/mol. The van der Waals surface area contributed by atoms with Gasteiger partial charge in [-0.25, -0.2) is 9.97 Å². The Bertz CT molecular complexity index is 889. The van der Waals surface area contributed by atoms with Crippen molar-refractivity contribution in [1.82, 2.24) is 19.8 Å². The lowest BCUT2D eigenvalue weighted by Gasteiger charge is -2.51. The van der Waals surface area contributed by atoms with Crippen molar-refractivity contribution in [1.29, 1.82) is 0 Å². The molecule has 2 aliphatic heterocycles. The number of likely N-dealkylation sites (tertiary alicyclic amines) is 2. The molecule has 0 aliphatic carbocycles. The summed E-state index contributed by atoms with van der Waals surface area (Å²) in [5.41, 5.74) is 0.516. The van der Waals surface area contributed by atoms with E-state index in [0.717, 1.165) is 18.7 Å². The van der Waals surface area contributed by atoms with Gasteiger partial charge in [0, 0.05) is 37.2 Å². The summed E-state index contributed by atoms with van der Waals surface area (Å²) in [6.45, 7) is 1.69. The van der Waals surface area contributed by atoms with Crippen LogP contribution in [0.3, 0.4) is 0 Å². The van der Waals surface area contributed by atoms with Crippen LogP contribution in [0.4, 0.5) is 11.6 Å². The number of piperidine rings is 2. The van der Waals surface area contributed by atoms with Crippen molar-refractivity contribution in [2.75, 3.05) is 32.0 Å². The van der Waals surface area contributed by atoms with Crippen LogP contribution < -0.4 is 5.32 Å².